The van der Waals surface area contributed by atoms with Gasteiger partial charge in [0.05, 0.1) is 6.54 Å². The van der Waals surface area contributed by atoms with Crippen LogP contribution in [0.2, 0.25) is 0 Å². The highest BCUT2D eigenvalue weighted by atomic mass is 16.2. The van der Waals surface area contributed by atoms with Crippen LogP contribution in [-0.2, 0) is 17.8 Å². The fourth-order valence-electron chi connectivity index (χ4n) is 2.59. The van der Waals surface area contributed by atoms with Gasteiger partial charge in [-0.05, 0) is 44.0 Å². The number of hydrogen-bond acceptors (Lipinski definition) is 3. The molecule has 0 atom stereocenters. The zero-order valence-electron chi connectivity index (χ0n) is 12.9. The third kappa shape index (κ3) is 3.82. The average molecular weight is 289 g/mol. The Bertz CT molecular complexity index is 540. The number of fused-ring (bicyclic) bond motifs is 1. The molecule has 0 saturated heterocycles. The van der Waals surface area contributed by atoms with Gasteiger partial charge in [0.25, 0.3) is 5.91 Å². The van der Waals surface area contributed by atoms with Crippen LogP contribution in [0.5, 0.6) is 0 Å². The fourth-order valence-corrected chi connectivity index (χ4v) is 2.59. The van der Waals surface area contributed by atoms with Crippen LogP contribution in [0.1, 0.15) is 35.3 Å². The maximum atomic E-state index is 12.6. The standard InChI is InChI=1S/C16H23N3O2/c1-11(2)18-15(20)10-19(3)16(21)14-6-4-5-12-9-17-8-7-13(12)14/h4-6,11,17H,7-10H2,1-3H3,(H,18,20). The first-order valence-corrected chi connectivity index (χ1v) is 7.35. The van der Waals surface area contributed by atoms with E-state index in [1.165, 1.54) is 10.5 Å². The normalized spacial score (nSPS) is 13.7. The highest BCUT2D eigenvalue weighted by Crippen LogP contribution is 2.19. The van der Waals surface area contributed by atoms with Crippen molar-refractivity contribution in [2.75, 3.05) is 20.1 Å². The molecule has 2 amide bonds. The Hall–Kier alpha value is -1.88. The minimum atomic E-state index is -0.132. The van der Waals surface area contributed by atoms with Gasteiger partial charge in [-0.2, -0.15) is 0 Å². The molecular weight excluding hydrogens is 266 g/mol. The first kappa shape index (κ1) is 15.5. The average Bonchev–Trinajstić information content (AvgIpc) is 2.44. The molecule has 21 heavy (non-hydrogen) atoms. The Balaban J connectivity index is 2.11. The summed E-state index contributed by atoms with van der Waals surface area (Å²) in [5.74, 6) is -0.222. The fraction of sp³-hybridized carbons (Fsp3) is 0.500. The monoisotopic (exact) mass is 289 g/mol. The van der Waals surface area contributed by atoms with Gasteiger partial charge < -0.3 is 15.5 Å². The molecule has 0 unspecified atom stereocenters. The second kappa shape index (κ2) is 6.72. The highest BCUT2D eigenvalue weighted by molar-refractivity contribution is 5.98. The molecule has 1 aromatic carbocycles. The van der Waals surface area contributed by atoms with E-state index in [9.17, 15) is 9.59 Å². The first-order chi connectivity index (χ1) is 9.99. The third-order valence-corrected chi connectivity index (χ3v) is 3.55. The Labute approximate surface area is 125 Å². The molecule has 0 aliphatic carbocycles. The van der Waals surface area contributed by atoms with E-state index in [2.05, 4.69) is 10.6 Å². The lowest BCUT2D eigenvalue weighted by Gasteiger charge is -2.23. The summed E-state index contributed by atoms with van der Waals surface area (Å²) >= 11 is 0. The molecule has 0 radical (unpaired) electrons. The molecule has 0 spiro atoms. The molecule has 1 aliphatic rings. The number of nitrogens with one attached hydrogen (secondary N) is 2. The summed E-state index contributed by atoms with van der Waals surface area (Å²) in [6.07, 6.45) is 0.850. The quantitative estimate of drug-likeness (QED) is 0.867. The van der Waals surface area contributed by atoms with Crippen molar-refractivity contribution in [2.45, 2.75) is 32.9 Å². The molecule has 1 aromatic rings. The van der Waals surface area contributed by atoms with Crippen molar-refractivity contribution in [3.05, 3.63) is 34.9 Å². The SMILES string of the molecule is CC(C)NC(=O)CN(C)C(=O)c1cccc2c1CCNC2. The second-order valence-electron chi connectivity index (χ2n) is 5.75. The van der Waals surface area contributed by atoms with E-state index in [0.29, 0.717) is 5.56 Å². The molecule has 1 heterocycles. The van der Waals surface area contributed by atoms with Gasteiger partial charge in [0.2, 0.25) is 5.91 Å². The molecule has 1 aliphatic heterocycles. The van der Waals surface area contributed by atoms with Crippen molar-refractivity contribution in [3.8, 4) is 0 Å². The molecule has 0 aromatic heterocycles. The lowest BCUT2D eigenvalue weighted by molar-refractivity contribution is -0.122. The van der Waals surface area contributed by atoms with Crippen molar-refractivity contribution in [2.24, 2.45) is 0 Å². The van der Waals surface area contributed by atoms with Crippen LogP contribution in [0.25, 0.3) is 0 Å². The summed E-state index contributed by atoms with van der Waals surface area (Å²) in [7, 11) is 1.67. The van der Waals surface area contributed by atoms with Crippen LogP contribution in [0.4, 0.5) is 0 Å². The molecule has 2 N–H and O–H groups in total. The number of amides is 2. The lowest BCUT2D eigenvalue weighted by atomic mass is 9.95. The second-order valence-corrected chi connectivity index (χ2v) is 5.75. The Morgan fingerprint density at radius 1 is 1.38 bits per heavy atom. The Morgan fingerprint density at radius 3 is 2.86 bits per heavy atom. The minimum Gasteiger partial charge on any atom is -0.352 e. The van der Waals surface area contributed by atoms with Gasteiger partial charge in [-0.25, -0.2) is 0 Å². The number of benzene rings is 1. The number of carbonyl (C=O) groups excluding carboxylic acids is 2. The zero-order chi connectivity index (χ0) is 15.4. The number of rotatable bonds is 4. The number of carbonyl (C=O) groups is 2. The smallest absolute Gasteiger partial charge is 0.254 e. The van der Waals surface area contributed by atoms with E-state index in [1.54, 1.807) is 7.05 Å². The van der Waals surface area contributed by atoms with Gasteiger partial charge in [0, 0.05) is 25.2 Å². The topological polar surface area (TPSA) is 61.4 Å². The molecule has 0 fully saturated rings. The van der Waals surface area contributed by atoms with E-state index in [1.807, 2.05) is 32.0 Å². The van der Waals surface area contributed by atoms with E-state index >= 15 is 0 Å². The van der Waals surface area contributed by atoms with Crippen molar-refractivity contribution < 1.29 is 9.59 Å². The van der Waals surface area contributed by atoms with Crippen LogP contribution in [0.15, 0.2) is 18.2 Å². The predicted octanol–water partition coefficient (Wildman–Crippen LogP) is 0.929. The third-order valence-electron chi connectivity index (χ3n) is 3.55. The summed E-state index contributed by atoms with van der Waals surface area (Å²) in [5, 5.41) is 6.10. The maximum absolute atomic E-state index is 12.6. The molecular formula is C16H23N3O2. The van der Waals surface area contributed by atoms with Gasteiger partial charge in [-0.15, -0.1) is 0 Å². The summed E-state index contributed by atoms with van der Waals surface area (Å²) in [6.45, 7) is 5.57. The lowest BCUT2D eigenvalue weighted by Crippen LogP contribution is -2.41. The van der Waals surface area contributed by atoms with Crippen LogP contribution in [-0.4, -0.2) is 42.9 Å². The molecule has 5 heteroatoms. The van der Waals surface area contributed by atoms with Gasteiger partial charge in [-0.1, -0.05) is 12.1 Å². The zero-order valence-corrected chi connectivity index (χ0v) is 12.9. The largest absolute Gasteiger partial charge is 0.352 e. The van der Waals surface area contributed by atoms with E-state index in [4.69, 9.17) is 0 Å². The Kier molecular flexibility index (Phi) is 4.96. The molecule has 0 bridgehead atoms. The number of nitrogens with zero attached hydrogens (tertiary/aromatic N) is 1. The molecule has 0 saturated carbocycles. The van der Waals surface area contributed by atoms with Crippen LogP contribution >= 0.6 is 0 Å². The highest BCUT2D eigenvalue weighted by Gasteiger charge is 2.21. The van der Waals surface area contributed by atoms with Gasteiger partial charge in [-0.3, -0.25) is 9.59 Å². The van der Waals surface area contributed by atoms with Gasteiger partial charge >= 0.3 is 0 Å². The van der Waals surface area contributed by atoms with Crippen molar-refractivity contribution in [1.82, 2.24) is 15.5 Å². The van der Waals surface area contributed by atoms with E-state index in [0.717, 1.165) is 25.1 Å². The maximum Gasteiger partial charge on any atom is 0.254 e. The number of hydrogen-bond donors (Lipinski definition) is 2. The summed E-state index contributed by atoms with van der Waals surface area (Å²) in [6, 6.07) is 5.88. The van der Waals surface area contributed by atoms with Crippen molar-refractivity contribution in [3.63, 3.8) is 0 Å². The summed E-state index contributed by atoms with van der Waals surface area (Å²) in [5.41, 5.74) is 3.00. The molecule has 2 rings (SSSR count). The summed E-state index contributed by atoms with van der Waals surface area (Å²) < 4.78 is 0. The van der Waals surface area contributed by atoms with Crippen LogP contribution in [0, 0.1) is 0 Å². The van der Waals surface area contributed by atoms with E-state index in [-0.39, 0.29) is 24.4 Å². The van der Waals surface area contributed by atoms with Crippen molar-refractivity contribution in [1.29, 1.82) is 0 Å². The predicted molar refractivity (Wildman–Crippen MR) is 82.1 cm³/mol. The van der Waals surface area contributed by atoms with Gasteiger partial charge in [0.15, 0.2) is 0 Å². The van der Waals surface area contributed by atoms with E-state index < -0.39 is 0 Å². The Morgan fingerprint density at radius 2 is 2.14 bits per heavy atom. The van der Waals surface area contributed by atoms with Crippen LogP contribution in [0.3, 0.4) is 0 Å². The van der Waals surface area contributed by atoms with Crippen molar-refractivity contribution >= 4 is 11.8 Å². The summed E-state index contributed by atoms with van der Waals surface area (Å²) in [4.78, 5) is 25.8. The van der Waals surface area contributed by atoms with Gasteiger partial charge in [0.1, 0.15) is 0 Å². The van der Waals surface area contributed by atoms with Crippen LogP contribution < -0.4 is 10.6 Å². The molecule has 114 valence electrons. The number of likely N-dealkylation sites (N-methyl/N-ethyl adjacent to an activating group) is 1. The minimum absolute atomic E-state index is 0.0801. The first-order valence-electron chi connectivity index (χ1n) is 7.35. The molecule has 5 nitrogen and oxygen atoms in total.